The third-order valence-corrected chi connectivity index (χ3v) is 3.24. The quantitative estimate of drug-likeness (QED) is 0.691. The van der Waals surface area contributed by atoms with E-state index in [1.807, 2.05) is 0 Å². The maximum Gasteiger partial charge on any atom is 0.00903 e. The molecule has 0 spiro atoms. The van der Waals surface area contributed by atoms with Crippen molar-refractivity contribution in [2.75, 3.05) is 19.6 Å². The van der Waals surface area contributed by atoms with Gasteiger partial charge in [0.05, 0.1) is 0 Å². The Hall–Kier alpha value is -0.0800. The van der Waals surface area contributed by atoms with Gasteiger partial charge in [-0.25, -0.2) is 0 Å². The molecule has 0 rings (SSSR count). The van der Waals surface area contributed by atoms with E-state index in [2.05, 4.69) is 46.4 Å². The average Bonchev–Trinajstić information content (AvgIpc) is 2.18. The van der Waals surface area contributed by atoms with Crippen LogP contribution in [-0.2, 0) is 0 Å². The maximum atomic E-state index is 5.84. The molecule has 2 N–H and O–H groups in total. The summed E-state index contributed by atoms with van der Waals surface area (Å²) in [6.45, 7) is 16.8. The molecule has 0 aliphatic carbocycles. The Morgan fingerprint density at radius 1 is 1.12 bits per heavy atom. The lowest BCUT2D eigenvalue weighted by Gasteiger charge is -2.37. The van der Waals surface area contributed by atoms with E-state index in [1.54, 1.807) is 0 Å². The fourth-order valence-electron chi connectivity index (χ4n) is 2.23. The molecule has 2 heteroatoms. The van der Waals surface area contributed by atoms with Crippen molar-refractivity contribution in [1.29, 1.82) is 0 Å². The van der Waals surface area contributed by atoms with Crippen LogP contribution in [0.3, 0.4) is 0 Å². The summed E-state index contributed by atoms with van der Waals surface area (Å²) in [7, 11) is 0. The molecule has 0 atom stereocenters. The first-order chi connectivity index (χ1) is 7.36. The Morgan fingerprint density at radius 2 is 1.62 bits per heavy atom. The molecule has 0 aromatic heterocycles. The molecule has 0 fully saturated rings. The Kier molecular flexibility index (Phi) is 7.25. The van der Waals surface area contributed by atoms with Crippen molar-refractivity contribution in [1.82, 2.24) is 4.90 Å². The van der Waals surface area contributed by atoms with Crippen molar-refractivity contribution < 1.29 is 0 Å². The fourth-order valence-corrected chi connectivity index (χ4v) is 2.23. The smallest absolute Gasteiger partial charge is 0.00903 e. The SMILES string of the molecule is CCC(CC)N(CC(C)C)CC(C)(C)CN. The van der Waals surface area contributed by atoms with Crippen molar-refractivity contribution >= 4 is 0 Å². The van der Waals surface area contributed by atoms with Crippen LogP contribution in [0.5, 0.6) is 0 Å². The Morgan fingerprint density at radius 3 is 1.94 bits per heavy atom. The lowest BCUT2D eigenvalue weighted by atomic mass is 9.91. The van der Waals surface area contributed by atoms with Crippen molar-refractivity contribution in [3.63, 3.8) is 0 Å². The van der Waals surface area contributed by atoms with Crippen molar-refractivity contribution in [2.24, 2.45) is 17.1 Å². The predicted octanol–water partition coefficient (Wildman–Crippen LogP) is 3.12. The Bertz CT molecular complexity index is 172. The van der Waals surface area contributed by atoms with Crippen molar-refractivity contribution in [3.05, 3.63) is 0 Å². The first kappa shape index (κ1) is 15.9. The van der Waals surface area contributed by atoms with Crippen LogP contribution in [0, 0.1) is 11.3 Å². The highest BCUT2D eigenvalue weighted by molar-refractivity contribution is 4.79. The summed E-state index contributed by atoms with van der Waals surface area (Å²) in [5, 5.41) is 0. The van der Waals surface area contributed by atoms with Gasteiger partial charge in [-0.1, -0.05) is 41.5 Å². The normalized spacial score (nSPS) is 13.1. The molecule has 0 heterocycles. The van der Waals surface area contributed by atoms with Crippen LogP contribution in [0.2, 0.25) is 0 Å². The van der Waals surface area contributed by atoms with Gasteiger partial charge in [-0.15, -0.1) is 0 Å². The zero-order valence-corrected chi connectivity index (χ0v) is 12.2. The molecule has 0 amide bonds. The van der Waals surface area contributed by atoms with Crippen LogP contribution < -0.4 is 5.73 Å². The number of hydrogen-bond donors (Lipinski definition) is 1. The second-order valence-electron chi connectivity index (χ2n) is 6.16. The molecular formula is C14H32N2. The monoisotopic (exact) mass is 228 g/mol. The molecule has 0 radical (unpaired) electrons. The van der Waals surface area contributed by atoms with Gasteiger partial charge in [0, 0.05) is 19.1 Å². The third-order valence-electron chi connectivity index (χ3n) is 3.24. The summed E-state index contributed by atoms with van der Waals surface area (Å²) in [4.78, 5) is 2.64. The molecule has 0 saturated heterocycles. The first-order valence-corrected chi connectivity index (χ1v) is 6.80. The summed E-state index contributed by atoms with van der Waals surface area (Å²) in [6, 6.07) is 0.716. The lowest BCUT2D eigenvalue weighted by molar-refractivity contribution is 0.112. The standard InChI is InChI=1S/C14H32N2/c1-7-13(8-2)16(9-12(3)4)11-14(5,6)10-15/h12-13H,7-11,15H2,1-6H3. The molecule has 0 aliphatic rings. The van der Waals surface area contributed by atoms with E-state index in [-0.39, 0.29) is 5.41 Å². The highest BCUT2D eigenvalue weighted by Gasteiger charge is 2.24. The summed E-state index contributed by atoms with van der Waals surface area (Å²) in [5.41, 5.74) is 6.08. The van der Waals surface area contributed by atoms with E-state index in [4.69, 9.17) is 5.73 Å². The van der Waals surface area contributed by atoms with Gasteiger partial charge in [-0.2, -0.15) is 0 Å². The fraction of sp³-hybridized carbons (Fsp3) is 1.00. The number of nitrogens with two attached hydrogens (primary N) is 1. The topological polar surface area (TPSA) is 29.3 Å². The largest absolute Gasteiger partial charge is 0.330 e. The summed E-state index contributed by atoms with van der Waals surface area (Å²) >= 11 is 0. The molecule has 0 unspecified atom stereocenters. The zero-order chi connectivity index (χ0) is 12.8. The lowest BCUT2D eigenvalue weighted by Crippen LogP contribution is -2.45. The number of nitrogens with zero attached hydrogens (tertiary/aromatic N) is 1. The van der Waals surface area contributed by atoms with Gasteiger partial charge in [0.25, 0.3) is 0 Å². The van der Waals surface area contributed by atoms with Crippen LogP contribution in [0.25, 0.3) is 0 Å². The highest BCUT2D eigenvalue weighted by atomic mass is 15.2. The van der Waals surface area contributed by atoms with Gasteiger partial charge in [0.1, 0.15) is 0 Å². The molecule has 98 valence electrons. The molecule has 0 aromatic rings. The minimum atomic E-state index is 0.234. The molecule has 16 heavy (non-hydrogen) atoms. The van der Waals surface area contributed by atoms with E-state index in [0.717, 1.165) is 19.0 Å². The summed E-state index contributed by atoms with van der Waals surface area (Å²) in [6.07, 6.45) is 2.48. The second kappa shape index (κ2) is 7.29. The van der Waals surface area contributed by atoms with Crippen molar-refractivity contribution in [2.45, 2.75) is 60.4 Å². The van der Waals surface area contributed by atoms with Gasteiger partial charge < -0.3 is 5.73 Å². The minimum absolute atomic E-state index is 0.234. The van der Waals surface area contributed by atoms with E-state index in [0.29, 0.717) is 6.04 Å². The minimum Gasteiger partial charge on any atom is -0.330 e. The Labute approximate surface area is 103 Å². The molecular weight excluding hydrogens is 196 g/mol. The Balaban J connectivity index is 4.53. The average molecular weight is 228 g/mol. The zero-order valence-electron chi connectivity index (χ0n) is 12.2. The van der Waals surface area contributed by atoms with Crippen LogP contribution >= 0.6 is 0 Å². The van der Waals surface area contributed by atoms with Gasteiger partial charge >= 0.3 is 0 Å². The molecule has 0 saturated carbocycles. The van der Waals surface area contributed by atoms with Crippen molar-refractivity contribution in [3.8, 4) is 0 Å². The van der Waals surface area contributed by atoms with Crippen LogP contribution in [0.15, 0.2) is 0 Å². The molecule has 0 bridgehead atoms. The van der Waals surface area contributed by atoms with Gasteiger partial charge in [0.15, 0.2) is 0 Å². The molecule has 0 aromatic carbocycles. The number of rotatable bonds is 8. The summed E-state index contributed by atoms with van der Waals surface area (Å²) in [5.74, 6) is 0.731. The molecule has 2 nitrogen and oxygen atoms in total. The third kappa shape index (κ3) is 5.86. The van der Waals surface area contributed by atoms with E-state index >= 15 is 0 Å². The summed E-state index contributed by atoms with van der Waals surface area (Å²) < 4.78 is 0. The number of hydrogen-bond acceptors (Lipinski definition) is 2. The van der Waals surface area contributed by atoms with E-state index < -0.39 is 0 Å². The maximum absolute atomic E-state index is 5.84. The van der Waals surface area contributed by atoms with Crippen LogP contribution in [-0.4, -0.2) is 30.6 Å². The molecule has 0 aliphatic heterocycles. The van der Waals surface area contributed by atoms with Gasteiger partial charge in [-0.3, -0.25) is 4.90 Å². The first-order valence-electron chi connectivity index (χ1n) is 6.80. The van der Waals surface area contributed by atoms with Gasteiger partial charge in [0.2, 0.25) is 0 Å². The second-order valence-corrected chi connectivity index (χ2v) is 6.16. The van der Waals surface area contributed by atoms with E-state index in [9.17, 15) is 0 Å². The van der Waals surface area contributed by atoms with Gasteiger partial charge in [-0.05, 0) is 30.7 Å². The van der Waals surface area contributed by atoms with E-state index in [1.165, 1.54) is 19.4 Å². The van der Waals surface area contributed by atoms with Crippen LogP contribution in [0.4, 0.5) is 0 Å². The predicted molar refractivity (Wildman–Crippen MR) is 73.6 cm³/mol. The highest BCUT2D eigenvalue weighted by Crippen LogP contribution is 2.20. The van der Waals surface area contributed by atoms with Crippen LogP contribution in [0.1, 0.15) is 54.4 Å².